The van der Waals surface area contributed by atoms with Crippen molar-refractivity contribution < 1.29 is 4.79 Å². The second kappa shape index (κ2) is 5.63. The second-order valence-electron chi connectivity index (χ2n) is 4.77. The normalized spacial score (nSPS) is 10.3. The molecule has 3 rings (SSSR count). The average molecular weight is 277 g/mol. The first-order chi connectivity index (χ1) is 10.2. The van der Waals surface area contributed by atoms with Gasteiger partial charge >= 0.3 is 0 Å². The van der Waals surface area contributed by atoms with Gasteiger partial charge in [0.2, 0.25) is 5.91 Å². The van der Waals surface area contributed by atoms with Gasteiger partial charge in [0.05, 0.1) is 11.9 Å². The van der Waals surface area contributed by atoms with Crippen LogP contribution in [0.5, 0.6) is 0 Å². The quantitative estimate of drug-likeness (QED) is 0.767. The molecule has 0 bridgehead atoms. The first kappa shape index (κ1) is 13.1. The third-order valence-electron chi connectivity index (χ3n) is 3.12. The van der Waals surface area contributed by atoms with Gasteiger partial charge in [-0.05, 0) is 12.1 Å². The number of nitrogens with zero attached hydrogens (tertiary/aromatic N) is 1. The lowest BCUT2D eigenvalue weighted by Gasteiger charge is -2.04. The number of benzene rings is 2. The summed E-state index contributed by atoms with van der Waals surface area (Å²) >= 11 is 0. The number of hydrogen-bond acceptors (Lipinski definition) is 2. The van der Waals surface area contributed by atoms with Crippen LogP contribution in [0.3, 0.4) is 0 Å². The molecule has 0 aliphatic heterocycles. The van der Waals surface area contributed by atoms with Crippen LogP contribution in [0.4, 0.5) is 5.69 Å². The fraction of sp³-hybridized carbons (Fsp3) is 0.0588. The van der Waals surface area contributed by atoms with Crippen LogP contribution < -0.4 is 5.32 Å². The number of nitrogens with one attached hydrogen (secondary N) is 2. The Balaban J connectivity index is 1.91. The Morgan fingerprint density at radius 3 is 2.57 bits per heavy atom. The van der Waals surface area contributed by atoms with Crippen LogP contribution in [0.2, 0.25) is 0 Å². The Bertz CT molecular complexity index is 762. The Morgan fingerprint density at radius 1 is 1.05 bits per heavy atom. The largest absolute Gasteiger partial charge is 0.338 e. The van der Waals surface area contributed by atoms with Crippen LogP contribution in [0.15, 0.2) is 60.8 Å². The predicted octanol–water partition coefficient (Wildman–Crippen LogP) is 3.70. The monoisotopic (exact) mass is 277 g/mol. The molecule has 0 aliphatic carbocycles. The zero-order valence-corrected chi connectivity index (χ0v) is 11.6. The smallest absolute Gasteiger partial charge is 0.221 e. The van der Waals surface area contributed by atoms with Gasteiger partial charge in [0.25, 0.3) is 0 Å². The van der Waals surface area contributed by atoms with Crippen molar-refractivity contribution >= 4 is 11.6 Å². The number of anilines is 1. The maximum absolute atomic E-state index is 11.1. The Hall–Kier alpha value is -2.88. The lowest BCUT2D eigenvalue weighted by atomic mass is 10.1. The predicted molar refractivity (Wildman–Crippen MR) is 83.8 cm³/mol. The number of carbonyl (C=O) groups is 1. The van der Waals surface area contributed by atoms with Crippen LogP contribution >= 0.6 is 0 Å². The minimum atomic E-state index is -0.0817. The fourth-order valence-corrected chi connectivity index (χ4v) is 2.18. The number of aromatic amines is 1. The van der Waals surface area contributed by atoms with Crippen molar-refractivity contribution in [3.63, 3.8) is 0 Å². The molecule has 0 radical (unpaired) electrons. The number of aromatic nitrogens is 2. The van der Waals surface area contributed by atoms with E-state index in [4.69, 9.17) is 0 Å². The molecule has 104 valence electrons. The average Bonchev–Trinajstić information content (AvgIpc) is 2.98. The summed E-state index contributed by atoms with van der Waals surface area (Å²) in [5, 5.41) is 2.78. The van der Waals surface area contributed by atoms with E-state index in [-0.39, 0.29) is 5.91 Å². The van der Waals surface area contributed by atoms with Crippen molar-refractivity contribution in [1.82, 2.24) is 9.97 Å². The molecule has 2 aromatic carbocycles. The Kier molecular flexibility index (Phi) is 3.51. The molecule has 0 aliphatic rings. The third kappa shape index (κ3) is 3.00. The number of rotatable bonds is 3. The lowest BCUT2D eigenvalue weighted by molar-refractivity contribution is -0.114. The second-order valence-corrected chi connectivity index (χ2v) is 4.77. The molecule has 0 saturated heterocycles. The van der Waals surface area contributed by atoms with Crippen molar-refractivity contribution in [3.8, 4) is 22.6 Å². The van der Waals surface area contributed by atoms with E-state index in [2.05, 4.69) is 15.3 Å². The number of amides is 1. The van der Waals surface area contributed by atoms with Gasteiger partial charge in [-0.15, -0.1) is 0 Å². The minimum absolute atomic E-state index is 0.0817. The van der Waals surface area contributed by atoms with E-state index in [0.717, 1.165) is 28.3 Å². The standard InChI is InChI=1S/C17H15N3O/c1-12(21)19-15-9-5-8-14(10-15)16-11-18-17(20-16)13-6-3-2-4-7-13/h2-11H,1H3,(H,18,20)(H,19,21). The maximum Gasteiger partial charge on any atom is 0.221 e. The van der Waals surface area contributed by atoms with Crippen LogP contribution in [0, 0.1) is 0 Å². The van der Waals surface area contributed by atoms with Crippen LogP contribution in [0.1, 0.15) is 6.92 Å². The van der Waals surface area contributed by atoms with E-state index in [1.54, 1.807) is 6.20 Å². The highest BCUT2D eigenvalue weighted by atomic mass is 16.1. The van der Waals surface area contributed by atoms with E-state index in [0.29, 0.717) is 0 Å². The molecule has 0 saturated carbocycles. The zero-order valence-electron chi connectivity index (χ0n) is 11.6. The third-order valence-corrected chi connectivity index (χ3v) is 3.12. The SMILES string of the molecule is CC(=O)Nc1cccc(-c2cnc(-c3ccccc3)[nH]2)c1. The summed E-state index contributed by atoms with van der Waals surface area (Å²) < 4.78 is 0. The molecule has 3 aromatic rings. The van der Waals surface area contributed by atoms with Gasteiger partial charge in [0.1, 0.15) is 5.82 Å². The Morgan fingerprint density at radius 2 is 1.81 bits per heavy atom. The highest BCUT2D eigenvalue weighted by Crippen LogP contribution is 2.24. The number of hydrogen-bond donors (Lipinski definition) is 2. The minimum Gasteiger partial charge on any atom is -0.338 e. The molecule has 0 unspecified atom stereocenters. The van der Waals surface area contributed by atoms with Crippen LogP contribution in [-0.2, 0) is 4.79 Å². The van der Waals surface area contributed by atoms with Crippen LogP contribution in [-0.4, -0.2) is 15.9 Å². The summed E-state index contributed by atoms with van der Waals surface area (Å²) in [6.07, 6.45) is 1.80. The summed E-state index contributed by atoms with van der Waals surface area (Å²) in [5.74, 6) is 0.747. The van der Waals surface area contributed by atoms with Crippen molar-refractivity contribution in [2.24, 2.45) is 0 Å². The first-order valence-electron chi connectivity index (χ1n) is 6.71. The van der Waals surface area contributed by atoms with Gasteiger partial charge in [0, 0.05) is 23.7 Å². The molecule has 1 heterocycles. The highest BCUT2D eigenvalue weighted by molar-refractivity contribution is 5.89. The van der Waals surface area contributed by atoms with Gasteiger partial charge in [0.15, 0.2) is 0 Å². The molecular formula is C17H15N3O. The molecular weight excluding hydrogens is 262 g/mol. The van der Waals surface area contributed by atoms with Crippen molar-refractivity contribution in [2.75, 3.05) is 5.32 Å². The molecule has 0 fully saturated rings. The summed E-state index contributed by atoms with van der Waals surface area (Å²) in [6, 6.07) is 17.6. The fourth-order valence-electron chi connectivity index (χ4n) is 2.18. The van der Waals surface area contributed by atoms with Crippen molar-refractivity contribution in [1.29, 1.82) is 0 Å². The summed E-state index contributed by atoms with van der Waals surface area (Å²) in [6.45, 7) is 1.50. The zero-order chi connectivity index (χ0) is 14.7. The van der Waals surface area contributed by atoms with Gasteiger partial charge in [-0.2, -0.15) is 0 Å². The topological polar surface area (TPSA) is 57.8 Å². The van der Waals surface area contributed by atoms with E-state index in [1.165, 1.54) is 6.92 Å². The molecule has 1 aromatic heterocycles. The molecule has 0 spiro atoms. The van der Waals surface area contributed by atoms with Gasteiger partial charge < -0.3 is 10.3 Å². The molecule has 1 amide bonds. The summed E-state index contributed by atoms with van der Waals surface area (Å²) in [7, 11) is 0. The van der Waals surface area contributed by atoms with Crippen LogP contribution in [0.25, 0.3) is 22.6 Å². The Labute approximate surface area is 122 Å². The van der Waals surface area contributed by atoms with Gasteiger partial charge in [-0.25, -0.2) is 4.98 Å². The van der Waals surface area contributed by atoms with E-state index in [9.17, 15) is 4.79 Å². The molecule has 4 heteroatoms. The molecule has 0 atom stereocenters. The van der Waals surface area contributed by atoms with E-state index >= 15 is 0 Å². The van der Waals surface area contributed by atoms with Crippen molar-refractivity contribution in [3.05, 3.63) is 60.8 Å². The molecule has 21 heavy (non-hydrogen) atoms. The summed E-state index contributed by atoms with van der Waals surface area (Å²) in [5.41, 5.74) is 3.72. The molecule has 4 nitrogen and oxygen atoms in total. The van der Waals surface area contributed by atoms with Gasteiger partial charge in [-0.1, -0.05) is 42.5 Å². The molecule has 2 N–H and O–H groups in total. The number of carbonyl (C=O) groups excluding carboxylic acids is 1. The maximum atomic E-state index is 11.1. The lowest BCUT2D eigenvalue weighted by Crippen LogP contribution is -2.05. The summed E-state index contributed by atoms with van der Waals surface area (Å²) in [4.78, 5) is 18.8. The van der Waals surface area contributed by atoms with Gasteiger partial charge in [-0.3, -0.25) is 4.79 Å². The first-order valence-corrected chi connectivity index (χ1v) is 6.71. The van der Waals surface area contributed by atoms with E-state index < -0.39 is 0 Å². The number of H-pyrrole nitrogens is 1. The highest BCUT2D eigenvalue weighted by Gasteiger charge is 2.06. The van der Waals surface area contributed by atoms with Crippen molar-refractivity contribution in [2.45, 2.75) is 6.92 Å². The number of imidazole rings is 1. The van der Waals surface area contributed by atoms with E-state index in [1.807, 2.05) is 54.6 Å².